The molecule has 3 aromatic rings. The van der Waals surface area contributed by atoms with Crippen molar-refractivity contribution in [2.24, 2.45) is 0 Å². The Bertz CT molecular complexity index is 1020. The fourth-order valence-electron chi connectivity index (χ4n) is 2.27. The number of carbonyl (C=O) groups excluding carboxylic acids is 1. The number of para-hydroxylation sites is 1. The van der Waals surface area contributed by atoms with Crippen molar-refractivity contribution >= 4 is 16.9 Å². The van der Waals surface area contributed by atoms with Gasteiger partial charge < -0.3 is 13.9 Å². The van der Waals surface area contributed by atoms with Crippen LogP contribution in [0.1, 0.15) is 12.7 Å². The van der Waals surface area contributed by atoms with Crippen LogP contribution in [0.4, 0.5) is 13.2 Å². The number of rotatable bonds is 3. The van der Waals surface area contributed by atoms with E-state index >= 15 is 0 Å². The number of carbonyl (C=O) groups is 1. The van der Waals surface area contributed by atoms with E-state index in [-0.39, 0.29) is 22.5 Å². The molecule has 0 bridgehead atoms. The van der Waals surface area contributed by atoms with Gasteiger partial charge in [-0.2, -0.15) is 13.2 Å². The summed E-state index contributed by atoms with van der Waals surface area (Å²) in [6.07, 6.45) is -4.96. The summed E-state index contributed by atoms with van der Waals surface area (Å²) >= 11 is 0. The van der Waals surface area contributed by atoms with Gasteiger partial charge in [-0.3, -0.25) is 9.59 Å². The summed E-state index contributed by atoms with van der Waals surface area (Å²) in [6.45, 7) is 1.14. The molecule has 0 fully saturated rings. The van der Waals surface area contributed by atoms with Gasteiger partial charge >= 0.3 is 12.1 Å². The Kier molecular flexibility index (Phi) is 4.41. The van der Waals surface area contributed by atoms with Crippen molar-refractivity contribution in [3.63, 3.8) is 0 Å². The summed E-state index contributed by atoms with van der Waals surface area (Å²) in [6, 6.07) is 11.1. The quantitative estimate of drug-likeness (QED) is 0.505. The van der Waals surface area contributed by atoms with Crippen LogP contribution in [-0.4, -0.2) is 5.97 Å². The van der Waals surface area contributed by atoms with Crippen LogP contribution in [0.3, 0.4) is 0 Å². The molecule has 0 aliphatic rings. The highest BCUT2D eigenvalue weighted by molar-refractivity contribution is 5.81. The Morgan fingerprint density at radius 2 is 1.73 bits per heavy atom. The van der Waals surface area contributed by atoms with Crippen LogP contribution in [0.2, 0.25) is 0 Å². The zero-order valence-electron chi connectivity index (χ0n) is 13.3. The molecule has 0 aliphatic heterocycles. The van der Waals surface area contributed by atoms with E-state index in [4.69, 9.17) is 13.9 Å². The van der Waals surface area contributed by atoms with Crippen molar-refractivity contribution in [2.75, 3.05) is 0 Å². The van der Waals surface area contributed by atoms with Crippen LogP contribution in [0.5, 0.6) is 17.2 Å². The molecule has 0 unspecified atom stereocenters. The Morgan fingerprint density at radius 3 is 2.35 bits per heavy atom. The van der Waals surface area contributed by atoms with Gasteiger partial charge in [-0.05, 0) is 24.3 Å². The number of esters is 1. The fourth-order valence-corrected chi connectivity index (χ4v) is 2.27. The number of alkyl halides is 3. The van der Waals surface area contributed by atoms with Crippen LogP contribution < -0.4 is 14.9 Å². The topological polar surface area (TPSA) is 65.7 Å². The third-order valence-corrected chi connectivity index (χ3v) is 3.30. The average Bonchev–Trinajstić information content (AvgIpc) is 2.56. The summed E-state index contributed by atoms with van der Waals surface area (Å²) in [5, 5.41) is -0.139. The Balaban J connectivity index is 2.21. The number of hydrogen-bond donors (Lipinski definition) is 0. The molecule has 0 aliphatic carbocycles. The number of benzene rings is 2. The molecular formula is C18H11F3O5. The van der Waals surface area contributed by atoms with Crippen LogP contribution >= 0.6 is 0 Å². The second-order valence-corrected chi connectivity index (χ2v) is 5.25. The molecule has 8 heteroatoms. The van der Waals surface area contributed by atoms with Crippen LogP contribution in [-0.2, 0) is 11.0 Å². The summed E-state index contributed by atoms with van der Waals surface area (Å²) < 4.78 is 55.0. The molecule has 0 saturated carbocycles. The lowest BCUT2D eigenvalue weighted by atomic mass is 10.2. The monoisotopic (exact) mass is 364 g/mol. The zero-order chi connectivity index (χ0) is 18.9. The molecule has 0 radical (unpaired) electrons. The minimum Gasteiger partial charge on any atom is -0.449 e. The van der Waals surface area contributed by atoms with E-state index in [2.05, 4.69) is 0 Å². The van der Waals surface area contributed by atoms with Crippen molar-refractivity contribution in [1.29, 1.82) is 0 Å². The molecule has 0 spiro atoms. The fraction of sp³-hybridized carbons (Fsp3) is 0.111. The molecule has 0 atom stereocenters. The van der Waals surface area contributed by atoms with Gasteiger partial charge in [0.15, 0.2) is 0 Å². The molecular weight excluding hydrogens is 353 g/mol. The molecule has 3 rings (SSSR count). The molecule has 0 N–H and O–H groups in total. The standard InChI is InChI=1S/C18H11F3O5/c1-10(22)24-12-7-8-13-14(9-12)26-17(18(19,20)21)16(15(13)23)25-11-5-3-2-4-6-11/h2-9H,1H3. The second kappa shape index (κ2) is 6.55. The SMILES string of the molecule is CC(=O)Oc1ccc2c(=O)c(Oc3ccccc3)c(C(F)(F)F)oc2c1. The Morgan fingerprint density at radius 1 is 1.04 bits per heavy atom. The van der Waals surface area contributed by atoms with Crippen molar-refractivity contribution in [1.82, 2.24) is 0 Å². The van der Waals surface area contributed by atoms with Gasteiger partial charge in [0.2, 0.25) is 11.2 Å². The summed E-state index contributed by atoms with van der Waals surface area (Å²) in [5.74, 6) is -3.18. The van der Waals surface area contributed by atoms with Crippen molar-refractivity contribution in [3.05, 3.63) is 64.5 Å². The van der Waals surface area contributed by atoms with Gasteiger partial charge in [-0.1, -0.05) is 18.2 Å². The summed E-state index contributed by atoms with van der Waals surface area (Å²) in [4.78, 5) is 23.5. The number of ether oxygens (including phenoxy) is 2. The van der Waals surface area contributed by atoms with Gasteiger partial charge in [0.1, 0.15) is 17.1 Å². The number of halogens is 3. The van der Waals surface area contributed by atoms with E-state index < -0.39 is 29.1 Å². The Hall–Kier alpha value is -3.29. The zero-order valence-corrected chi connectivity index (χ0v) is 13.3. The molecule has 1 aromatic heterocycles. The third-order valence-electron chi connectivity index (χ3n) is 3.30. The lowest BCUT2D eigenvalue weighted by Crippen LogP contribution is -2.15. The minimum atomic E-state index is -4.96. The van der Waals surface area contributed by atoms with E-state index in [0.717, 1.165) is 13.0 Å². The van der Waals surface area contributed by atoms with E-state index in [0.29, 0.717) is 0 Å². The maximum atomic E-state index is 13.4. The van der Waals surface area contributed by atoms with Gasteiger partial charge in [0.25, 0.3) is 5.76 Å². The van der Waals surface area contributed by atoms with Crippen LogP contribution in [0, 0.1) is 0 Å². The van der Waals surface area contributed by atoms with Gasteiger partial charge in [0.05, 0.1) is 5.39 Å². The summed E-state index contributed by atoms with van der Waals surface area (Å²) in [5.41, 5.74) is -1.36. The molecule has 0 amide bonds. The molecule has 2 aromatic carbocycles. The first-order valence-electron chi connectivity index (χ1n) is 7.35. The molecule has 134 valence electrons. The smallest absolute Gasteiger partial charge is 0.449 e. The highest BCUT2D eigenvalue weighted by Crippen LogP contribution is 2.38. The predicted octanol–water partition coefficient (Wildman–Crippen LogP) is 4.53. The molecule has 1 heterocycles. The van der Waals surface area contributed by atoms with E-state index in [9.17, 15) is 22.8 Å². The molecule has 26 heavy (non-hydrogen) atoms. The van der Waals surface area contributed by atoms with Crippen molar-refractivity contribution < 1.29 is 31.9 Å². The molecule has 5 nitrogen and oxygen atoms in total. The minimum absolute atomic E-state index is 0.0435. The Labute approximate surface area is 144 Å². The van der Waals surface area contributed by atoms with E-state index in [1.54, 1.807) is 18.2 Å². The lowest BCUT2D eigenvalue weighted by Gasteiger charge is -2.13. The maximum absolute atomic E-state index is 13.4. The van der Waals surface area contributed by atoms with E-state index in [1.165, 1.54) is 24.3 Å². The second-order valence-electron chi connectivity index (χ2n) is 5.25. The van der Waals surface area contributed by atoms with Gasteiger partial charge in [-0.25, -0.2) is 0 Å². The first-order chi connectivity index (χ1) is 12.3. The molecule has 0 saturated heterocycles. The highest BCUT2D eigenvalue weighted by atomic mass is 19.4. The number of fused-ring (bicyclic) bond motifs is 1. The predicted molar refractivity (Wildman–Crippen MR) is 85.3 cm³/mol. The average molecular weight is 364 g/mol. The summed E-state index contributed by atoms with van der Waals surface area (Å²) in [7, 11) is 0. The van der Waals surface area contributed by atoms with Crippen LogP contribution in [0.25, 0.3) is 11.0 Å². The van der Waals surface area contributed by atoms with Gasteiger partial charge in [0, 0.05) is 13.0 Å². The van der Waals surface area contributed by atoms with Crippen molar-refractivity contribution in [3.8, 4) is 17.2 Å². The first-order valence-corrected chi connectivity index (χ1v) is 7.35. The van der Waals surface area contributed by atoms with Gasteiger partial charge in [-0.15, -0.1) is 0 Å². The number of hydrogen-bond acceptors (Lipinski definition) is 5. The normalized spacial score (nSPS) is 11.4. The highest BCUT2D eigenvalue weighted by Gasteiger charge is 2.40. The van der Waals surface area contributed by atoms with Crippen molar-refractivity contribution in [2.45, 2.75) is 13.1 Å². The first kappa shape index (κ1) is 17.5. The lowest BCUT2D eigenvalue weighted by molar-refractivity contribution is -0.154. The maximum Gasteiger partial charge on any atom is 0.453 e. The van der Waals surface area contributed by atoms with E-state index in [1.807, 2.05) is 0 Å². The largest absolute Gasteiger partial charge is 0.453 e. The third kappa shape index (κ3) is 3.53. The van der Waals surface area contributed by atoms with Crippen LogP contribution in [0.15, 0.2) is 57.7 Å².